The first-order valence-corrected chi connectivity index (χ1v) is 12.3. The van der Waals surface area contributed by atoms with E-state index in [2.05, 4.69) is 49.8 Å². The number of carbonyl (C=O) groups is 1. The molecule has 144 valence electrons. The van der Waals surface area contributed by atoms with Gasteiger partial charge in [-0.1, -0.05) is 20.8 Å². The first-order chi connectivity index (χ1) is 12.0. The van der Waals surface area contributed by atoms with Crippen LogP contribution in [0, 0.1) is 0 Å². The zero-order valence-electron chi connectivity index (χ0n) is 16.6. The maximum atomic E-state index is 12.2. The number of fused-ring (bicyclic) bond motifs is 1. The van der Waals surface area contributed by atoms with Gasteiger partial charge in [0.25, 0.3) is 0 Å². The number of halogens is 1. The molecule has 0 spiro atoms. The molecule has 1 aromatic carbocycles. The first-order valence-electron chi connectivity index (χ1n) is 8.62. The standard InChI is InChI=1S/C19H28BrNO4Si/c1-19(2,3)26(6,7)25-11-10-14-15-12-13(23-4)8-9-16(15)21(17(14)20)18(22)24-5/h8-9,12H,10-11H2,1-7H3. The second-order valence-corrected chi connectivity index (χ2v) is 13.4. The Bertz CT molecular complexity index is 808. The van der Waals surface area contributed by atoms with Crippen LogP contribution in [-0.2, 0) is 15.6 Å². The summed E-state index contributed by atoms with van der Waals surface area (Å²) in [5.41, 5.74) is 1.80. The maximum absolute atomic E-state index is 12.2. The van der Waals surface area contributed by atoms with Gasteiger partial charge in [0.1, 0.15) is 5.75 Å². The highest BCUT2D eigenvalue weighted by Gasteiger charge is 2.37. The van der Waals surface area contributed by atoms with E-state index in [9.17, 15) is 4.79 Å². The summed E-state index contributed by atoms with van der Waals surface area (Å²) in [5.74, 6) is 0.749. The molecule has 0 amide bonds. The van der Waals surface area contributed by atoms with Crippen LogP contribution in [0.1, 0.15) is 26.3 Å². The quantitative estimate of drug-likeness (QED) is 0.567. The number of aromatic nitrogens is 1. The number of ether oxygens (including phenoxy) is 2. The topological polar surface area (TPSA) is 49.7 Å². The second kappa shape index (κ2) is 7.74. The number of carbonyl (C=O) groups excluding carboxylic acids is 1. The molecule has 2 rings (SSSR count). The Kier molecular flexibility index (Phi) is 6.25. The highest BCUT2D eigenvalue weighted by molar-refractivity contribution is 9.10. The van der Waals surface area contributed by atoms with Crippen molar-refractivity contribution in [1.29, 1.82) is 0 Å². The Morgan fingerprint density at radius 3 is 2.42 bits per heavy atom. The van der Waals surface area contributed by atoms with Gasteiger partial charge < -0.3 is 13.9 Å². The summed E-state index contributed by atoms with van der Waals surface area (Å²) in [6, 6.07) is 5.65. The molecule has 0 unspecified atom stereocenters. The van der Waals surface area contributed by atoms with E-state index in [1.54, 1.807) is 7.11 Å². The van der Waals surface area contributed by atoms with Crippen LogP contribution in [0.3, 0.4) is 0 Å². The monoisotopic (exact) mass is 441 g/mol. The minimum Gasteiger partial charge on any atom is -0.497 e. The van der Waals surface area contributed by atoms with E-state index in [0.717, 1.165) is 22.2 Å². The highest BCUT2D eigenvalue weighted by Crippen LogP contribution is 2.37. The summed E-state index contributed by atoms with van der Waals surface area (Å²) >= 11 is 3.58. The van der Waals surface area contributed by atoms with E-state index >= 15 is 0 Å². The average molecular weight is 442 g/mol. The lowest BCUT2D eigenvalue weighted by Gasteiger charge is -2.36. The molecule has 0 aliphatic heterocycles. The second-order valence-electron chi connectivity index (χ2n) is 7.82. The molecule has 0 atom stereocenters. The molecule has 5 nitrogen and oxygen atoms in total. The van der Waals surface area contributed by atoms with Gasteiger partial charge in [-0.05, 0) is 64.2 Å². The van der Waals surface area contributed by atoms with Crippen molar-refractivity contribution in [3.8, 4) is 5.75 Å². The summed E-state index contributed by atoms with van der Waals surface area (Å²) in [4.78, 5) is 12.2. The van der Waals surface area contributed by atoms with Crippen LogP contribution in [0.2, 0.25) is 18.1 Å². The van der Waals surface area contributed by atoms with E-state index in [0.29, 0.717) is 17.6 Å². The van der Waals surface area contributed by atoms with Crippen molar-refractivity contribution in [2.45, 2.75) is 45.3 Å². The number of methoxy groups -OCH3 is 2. The Labute approximate surface area is 164 Å². The predicted molar refractivity (Wildman–Crippen MR) is 111 cm³/mol. The van der Waals surface area contributed by atoms with E-state index < -0.39 is 14.4 Å². The van der Waals surface area contributed by atoms with Gasteiger partial charge in [0.05, 0.1) is 24.3 Å². The molecule has 0 saturated carbocycles. The fourth-order valence-electron chi connectivity index (χ4n) is 2.56. The molecular formula is C19H28BrNO4Si. The van der Waals surface area contributed by atoms with Crippen LogP contribution in [0.25, 0.3) is 10.9 Å². The number of benzene rings is 1. The number of hydrogen-bond acceptors (Lipinski definition) is 4. The van der Waals surface area contributed by atoms with Crippen molar-refractivity contribution in [1.82, 2.24) is 4.57 Å². The van der Waals surface area contributed by atoms with Crippen LogP contribution in [0.15, 0.2) is 22.8 Å². The summed E-state index contributed by atoms with van der Waals surface area (Å²) in [6.45, 7) is 11.8. The van der Waals surface area contributed by atoms with Gasteiger partial charge in [0, 0.05) is 12.0 Å². The van der Waals surface area contributed by atoms with Crippen molar-refractivity contribution in [2.75, 3.05) is 20.8 Å². The maximum Gasteiger partial charge on any atom is 0.419 e. The largest absolute Gasteiger partial charge is 0.497 e. The average Bonchev–Trinajstić information content (AvgIpc) is 2.84. The summed E-state index contributed by atoms with van der Waals surface area (Å²) in [7, 11) is 1.19. The Balaban J connectivity index is 2.40. The Morgan fingerprint density at radius 2 is 1.88 bits per heavy atom. The van der Waals surface area contributed by atoms with Gasteiger partial charge in [-0.15, -0.1) is 0 Å². The van der Waals surface area contributed by atoms with Gasteiger partial charge >= 0.3 is 6.09 Å². The summed E-state index contributed by atoms with van der Waals surface area (Å²) in [6.07, 6.45) is 0.268. The lowest BCUT2D eigenvalue weighted by Crippen LogP contribution is -2.41. The van der Waals surface area contributed by atoms with Crippen LogP contribution in [-0.4, -0.2) is 39.8 Å². The van der Waals surface area contributed by atoms with Crippen molar-refractivity contribution in [2.24, 2.45) is 0 Å². The third kappa shape index (κ3) is 3.99. The summed E-state index contributed by atoms with van der Waals surface area (Å²) in [5, 5.41) is 1.12. The lowest BCUT2D eigenvalue weighted by atomic mass is 10.1. The van der Waals surface area contributed by atoms with E-state index in [4.69, 9.17) is 13.9 Å². The number of rotatable bonds is 5. The molecule has 0 aliphatic rings. The van der Waals surface area contributed by atoms with Gasteiger partial charge in [0.2, 0.25) is 0 Å². The van der Waals surface area contributed by atoms with Gasteiger partial charge in [-0.25, -0.2) is 9.36 Å². The van der Waals surface area contributed by atoms with Crippen molar-refractivity contribution in [3.63, 3.8) is 0 Å². The molecule has 0 fully saturated rings. The number of nitrogens with zero attached hydrogens (tertiary/aromatic N) is 1. The zero-order valence-corrected chi connectivity index (χ0v) is 19.2. The van der Waals surface area contributed by atoms with E-state index in [1.807, 2.05) is 18.2 Å². The number of hydrogen-bond donors (Lipinski definition) is 0. The molecule has 7 heteroatoms. The van der Waals surface area contributed by atoms with Gasteiger partial charge in [-0.2, -0.15) is 0 Å². The molecule has 0 radical (unpaired) electrons. The molecule has 2 aromatic rings. The molecule has 0 aliphatic carbocycles. The van der Waals surface area contributed by atoms with Crippen LogP contribution >= 0.6 is 15.9 Å². The van der Waals surface area contributed by atoms with Crippen molar-refractivity contribution < 1.29 is 18.7 Å². The zero-order chi connectivity index (χ0) is 19.7. The summed E-state index contributed by atoms with van der Waals surface area (Å²) < 4.78 is 18.8. The molecule has 0 N–H and O–H groups in total. The molecule has 0 saturated heterocycles. The first kappa shape index (κ1) is 21.0. The fourth-order valence-corrected chi connectivity index (χ4v) is 4.36. The minimum atomic E-state index is -1.82. The molecule has 26 heavy (non-hydrogen) atoms. The predicted octanol–water partition coefficient (Wildman–Crippen LogP) is 5.59. The van der Waals surface area contributed by atoms with Crippen LogP contribution < -0.4 is 4.74 Å². The van der Waals surface area contributed by atoms with Crippen LogP contribution in [0.5, 0.6) is 5.75 Å². The van der Waals surface area contributed by atoms with Gasteiger partial charge in [-0.3, -0.25) is 0 Å². The highest BCUT2D eigenvalue weighted by atomic mass is 79.9. The normalized spacial score (nSPS) is 12.5. The fraction of sp³-hybridized carbons (Fsp3) is 0.526. The van der Waals surface area contributed by atoms with Crippen LogP contribution in [0.4, 0.5) is 4.79 Å². The third-order valence-corrected chi connectivity index (χ3v) is 10.6. The Hall–Kier alpha value is -1.31. The van der Waals surface area contributed by atoms with Gasteiger partial charge in [0.15, 0.2) is 8.32 Å². The Morgan fingerprint density at radius 1 is 1.23 bits per heavy atom. The minimum absolute atomic E-state index is 0.160. The van der Waals surface area contributed by atoms with E-state index in [-0.39, 0.29) is 5.04 Å². The lowest BCUT2D eigenvalue weighted by molar-refractivity contribution is 0.173. The third-order valence-electron chi connectivity index (χ3n) is 5.19. The molecular weight excluding hydrogens is 414 g/mol. The molecule has 1 heterocycles. The van der Waals surface area contributed by atoms with Crippen molar-refractivity contribution >= 4 is 41.2 Å². The SMILES string of the molecule is COC(=O)n1c(Br)c(CCO[Si](C)(C)C(C)(C)C)c2cc(OC)ccc21. The van der Waals surface area contributed by atoms with E-state index in [1.165, 1.54) is 11.7 Å². The molecule has 0 bridgehead atoms. The smallest absolute Gasteiger partial charge is 0.419 e. The van der Waals surface area contributed by atoms with Crippen molar-refractivity contribution in [3.05, 3.63) is 28.4 Å². The molecule has 1 aromatic heterocycles.